The molecule has 5 nitrogen and oxygen atoms in total. The van der Waals surface area contributed by atoms with Gasteiger partial charge in [0.2, 0.25) is 0 Å². The van der Waals surface area contributed by atoms with E-state index in [1.165, 1.54) is 0 Å². The van der Waals surface area contributed by atoms with Crippen molar-refractivity contribution >= 4 is 45.8 Å². The van der Waals surface area contributed by atoms with Gasteiger partial charge >= 0.3 is 0 Å². The second kappa shape index (κ2) is 11.1. The lowest BCUT2D eigenvalue weighted by Crippen LogP contribution is -2.39. The van der Waals surface area contributed by atoms with Crippen LogP contribution in [0.2, 0.25) is 0 Å². The molecule has 0 bridgehead atoms. The molecule has 27 heavy (non-hydrogen) atoms. The minimum atomic E-state index is -0.227. The maximum Gasteiger partial charge on any atom is 0.258 e. The Hall–Kier alpha value is -1.87. The zero-order valence-electron chi connectivity index (χ0n) is 15.4. The van der Waals surface area contributed by atoms with Crippen LogP contribution in [0.4, 0.5) is 0 Å². The Kier molecular flexibility index (Phi) is 8.80. The highest BCUT2D eigenvalue weighted by atomic mass is 127. The number of benzene rings is 2. The first-order chi connectivity index (χ1) is 13.0. The Morgan fingerprint density at radius 1 is 1.19 bits per heavy atom. The fraction of sp³-hybridized carbons (Fsp3) is 0.300. The number of carbonyl (C=O) groups is 1. The number of nitrogens with one attached hydrogen (secondary N) is 2. The summed E-state index contributed by atoms with van der Waals surface area (Å²) >= 11 is 7.35. The van der Waals surface area contributed by atoms with Crippen LogP contribution in [0.5, 0.6) is 11.5 Å². The quantitative estimate of drug-likeness (QED) is 0.323. The highest BCUT2D eigenvalue weighted by Crippen LogP contribution is 2.28. The second-order valence-electron chi connectivity index (χ2n) is 5.80. The molecule has 1 amide bonds. The van der Waals surface area contributed by atoms with Gasteiger partial charge in [-0.3, -0.25) is 10.1 Å². The number of hydrogen-bond donors (Lipinski definition) is 2. The first-order valence-corrected chi connectivity index (χ1v) is 10.2. The first kappa shape index (κ1) is 21.4. The van der Waals surface area contributed by atoms with Gasteiger partial charge in [-0.2, -0.15) is 0 Å². The van der Waals surface area contributed by atoms with Gasteiger partial charge in [-0.15, -0.1) is 0 Å². The van der Waals surface area contributed by atoms with E-state index < -0.39 is 0 Å². The van der Waals surface area contributed by atoms with Crippen LogP contribution in [0, 0.1) is 3.57 Å². The molecule has 0 atom stereocenters. The smallest absolute Gasteiger partial charge is 0.258 e. The number of thiocarbonyl (C=S) groups is 1. The molecule has 0 saturated carbocycles. The summed E-state index contributed by atoms with van der Waals surface area (Å²) in [5, 5.41) is 6.02. The maximum atomic E-state index is 12.3. The van der Waals surface area contributed by atoms with E-state index in [-0.39, 0.29) is 11.0 Å². The fourth-order valence-corrected chi connectivity index (χ4v) is 3.11. The summed E-state index contributed by atoms with van der Waals surface area (Å²) in [6, 6.07) is 13.1. The Morgan fingerprint density at radius 2 is 1.96 bits per heavy atom. The Balaban J connectivity index is 1.90. The zero-order chi connectivity index (χ0) is 19.6. The summed E-state index contributed by atoms with van der Waals surface area (Å²) in [6.45, 7) is 3.26. The van der Waals surface area contributed by atoms with Gasteiger partial charge in [-0.25, -0.2) is 0 Å². The van der Waals surface area contributed by atoms with Crippen LogP contribution >= 0.6 is 34.8 Å². The van der Waals surface area contributed by atoms with E-state index >= 15 is 0 Å². The number of unbranched alkanes of at least 4 members (excludes halogenated alkanes) is 1. The minimum Gasteiger partial charge on any atom is -0.493 e. The average molecular weight is 498 g/mol. The highest BCUT2D eigenvalue weighted by Gasteiger charge is 2.11. The molecule has 7 heteroatoms. The maximum absolute atomic E-state index is 12.3. The van der Waals surface area contributed by atoms with Crippen molar-refractivity contribution in [1.29, 1.82) is 0 Å². The van der Waals surface area contributed by atoms with Crippen molar-refractivity contribution in [1.82, 2.24) is 10.6 Å². The predicted molar refractivity (Wildman–Crippen MR) is 119 cm³/mol. The van der Waals surface area contributed by atoms with Gasteiger partial charge in [0.25, 0.3) is 5.91 Å². The van der Waals surface area contributed by atoms with Gasteiger partial charge in [0.05, 0.1) is 19.3 Å². The SMILES string of the molecule is CCCCOc1ccc(CNC(=S)NC(=O)c2ccccc2I)cc1OC. The van der Waals surface area contributed by atoms with Crippen molar-refractivity contribution in [3.63, 3.8) is 0 Å². The van der Waals surface area contributed by atoms with Gasteiger partial charge in [0, 0.05) is 10.1 Å². The molecule has 0 spiro atoms. The molecule has 2 N–H and O–H groups in total. The van der Waals surface area contributed by atoms with Crippen molar-refractivity contribution in [3.8, 4) is 11.5 Å². The number of methoxy groups -OCH3 is 1. The molecular weight excluding hydrogens is 475 g/mol. The molecular formula is C20H23IN2O3S. The minimum absolute atomic E-state index is 0.227. The molecule has 2 rings (SSSR count). The van der Waals surface area contributed by atoms with E-state index in [1.54, 1.807) is 13.2 Å². The van der Waals surface area contributed by atoms with Gasteiger partial charge in [0.15, 0.2) is 16.6 Å². The number of carbonyl (C=O) groups excluding carboxylic acids is 1. The molecule has 0 saturated heterocycles. The molecule has 0 radical (unpaired) electrons. The number of halogens is 1. The summed E-state index contributed by atoms with van der Waals surface area (Å²) in [5.41, 5.74) is 1.57. The molecule has 0 aliphatic carbocycles. The average Bonchev–Trinajstić information content (AvgIpc) is 2.67. The van der Waals surface area contributed by atoms with E-state index in [0.29, 0.717) is 24.5 Å². The van der Waals surface area contributed by atoms with E-state index in [9.17, 15) is 4.79 Å². The summed E-state index contributed by atoms with van der Waals surface area (Å²) in [5.74, 6) is 1.18. The number of amides is 1. The Labute approximate surface area is 179 Å². The summed E-state index contributed by atoms with van der Waals surface area (Å²) < 4.78 is 12.0. The molecule has 0 aliphatic heterocycles. The Morgan fingerprint density at radius 3 is 2.67 bits per heavy atom. The van der Waals surface area contributed by atoms with Crippen LogP contribution in [0.15, 0.2) is 42.5 Å². The van der Waals surface area contributed by atoms with Crippen molar-refractivity contribution in [2.75, 3.05) is 13.7 Å². The fourth-order valence-electron chi connectivity index (χ4n) is 2.31. The molecule has 0 aliphatic rings. The van der Waals surface area contributed by atoms with Crippen LogP contribution in [0.1, 0.15) is 35.7 Å². The third-order valence-corrected chi connectivity index (χ3v) is 4.97. The molecule has 0 unspecified atom stereocenters. The van der Waals surface area contributed by atoms with Crippen molar-refractivity contribution < 1.29 is 14.3 Å². The van der Waals surface area contributed by atoms with Crippen LogP contribution in [0.25, 0.3) is 0 Å². The normalized spacial score (nSPS) is 10.2. The highest BCUT2D eigenvalue weighted by molar-refractivity contribution is 14.1. The van der Waals surface area contributed by atoms with E-state index in [2.05, 4.69) is 40.1 Å². The summed E-state index contributed by atoms with van der Waals surface area (Å²) in [6.07, 6.45) is 2.08. The predicted octanol–water partition coefficient (Wildman–Crippen LogP) is 4.28. The molecule has 144 valence electrons. The van der Waals surface area contributed by atoms with Gasteiger partial charge < -0.3 is 14.8 Å². The summed E-state index contributed by atoms with van der Waals surface area (Å²) in [7, 11) is 1.62. The lowest BCUT2D eigenvalue weighted by molar-refractivity contribution is 0.0976. The van der Waals surface area contributed by atoms with Gasteiger partial charge in [0.1, 0.15) is 0 Å². The summed E-state index contributed by atoms with van der Waals surface area (Å²) in [4.78, 5) is 12.3. The molecule has 0 aromatic heterocycles. The molecule has 0 fully saturated rings. The standard InChI is InChI=1S/C20H23IN2O3S/c1-3-4-11-26-17-10-9-14(12-18(17)25-2)13-22-20(27)23-19(24)15-7-5-6-8-16(15)21/h5-10,12H,3-4,11,13H2,1-2H3,(H2,22,23,24,27). The van der Waals surface area contributed by atoms with Crippen LogP contribution in [-0.2, 0) is 6.54 Å². The first-order valence-electron chi connectivity index (χ1n) is 8.68. The molecule has 2 aromatic rings. The molecule has 2 aromatic carbocycles. The van der Waals surface area contributed by atoms with E-state index in [1.807, 2.05) is 36.4 Å². The second-order valence-corrected chi connectivity index (χ2v) is 7.37. The largest absolute Gasteiger partial charge is 0.493 e. The van der Waals surface area contributed by atoms with E-state index in [4.69, 9.17) is 21.7 Å². The number of ether oxygens (including phenoxy) is 2. The van der Waals surface area contributed by atoms with Crippen molar-refractivity contribution in [3.05, 3.63) is 57.2 Å². The third-order valence-electron chi connectivity index (χ3n) is 3.78. The van der Waals surface area contributed by atoms with Crippen molar-refractivity contribution in [2.45, 2.75) is 26.3 Å². The zero-order valence-corrected chi connectivity index (χ0v) is 18.4. The van der Waals surface area contributed by atoms with Gasteiger partial charge in [-0.05, 0) is 71.1 Å². The lowest BCUT2D eigenvalue weighted by atomic mass is 10.2. The van der Waals surface area contributed by atoms with Gasteiger partial charge in [-0.1, -0.05) is 31.5 Å². The monoisotopic (exact) mass is 498 g/mol. The van der Waals surface area contributed by atoms with E-state index in [0.717, 1.165) is 27.7 Å². The van der Waals surface area contributed by atoms with Crippen LogP contribution in [0.3, 0.4) is 0 Å². The number of rotatable bonds is 8. The lowest BCUT2D eigenvalue weighted by Gasteiger charge is -2.13. The third kappa shape index (κ3) is 6.66. The number of hydrogen-bond acceptors (Lipinski definition) is 4. The topological polar surface area (TPSA) is 59.6 Å². The van der Waals surface area contributed by atoms with Crippen LogP contribution in [-0.4, -0.2) is 24.7 Å². The molecule has 0 heterocycles. The Bertz CT molecular complexity index is 799. The van der Waals surface area contributed by atoms with Crippen LogP contribution < -0.4 is 20.1 Å². The van der Waals surface area contributed by atoms with Crippen molar-refractivity contribution in [2.24, 2.45) is 0 Å².